The second-order valence-electron chi connectivity index (χ2n) is 7.15. The number of urea groups is 1. The summed E-state index contributed by atoms with van der Waals surface area (Å²) in [6, 6.07) is 12.4. The number of carbonyl (C=O) groups excluding carboxylic acids is 2. The summed E-state index contributed by atoms with van der Waals surface area (Å²) in [5.74, 6) is -0.439. The average Bonchev–Trinajstić information content (AvgIpc) is 3.23. The SMILES string of the molecule is COC(=O)c1cc2cc(NCc3cc(NC(=O)Nc4ccncc4)ccc3C)cnc2[nH]1. The van der Waals surface area contributed by atoms with Gasteiger partial charge in [0.05, 0.1) is 19.0 Å². The van der Waals surface area contributed by atoms with E-state index in [4.69, 9.17) is 4.74 Å². The van der Waals surface area contributed by atoms with Crippen LogP contribution in [0.15, 0.2) is 61.1 Å². The number of H-pyrrole nitrogens is 1. The van der Waals surface area contributed by atoms with Gasteiger partial charge in [0.1, 0.15) is 11.3 Å². The zero-order chi connectivity index (χ0) is 22.5. The number of fused-ring (bicyclic) bond motifs is 1. The summed E-state index contributed by atoms with van der Waals surface area (Å²) < 4.78 is 4.74. The fourth-order valence-corrected chi connectivity index (χ4v) is 3.20. The fraction of sp³-hybridized carbons (Fsp3) is 0.130. The van der Waals surface area contributed by atoms with Crippen LogP contribution in [0.4, 0.5) is 21.9 Å². The van der Waals surface area contributed by atoms with Gasteiger partial charge in [0.2, 0.25) is 0 Å². The van der Waals surface area contributed by atoms with Gasteiger partial charge >= 0.3 is 12.0 Å². The number of nitrogens with zero attached hydrogens (tertiary/aromatic N) is 2. The van der Waals surface area contributed by atoms with Crippen LogP contribution < -0.4 is 16.0 Å². The largest absolute Gasteiger partial charge is 0.464 e. The summed E-state index contributed by atoms with van der Waals surface area (Å²) in [6.07, 6.45) is 4.92. The molecule has 4 N–H and O–H groups in total. The van der Waals surface area contributed by atoms with E-state index < -0.39 is 5.97 Å². The Bertz CT molecular complexity index is 1270. The van der Waals surface area contributed by atoms with E-state index in [0.717, 1.165) is 22.2 Å². The second-order valence-corrected chi connectivity index (χ2v) is 7.15. The summed E-state index contributed by atoms with van der Waals surface area (Å²) >= 11 is 0. The molecule has 0 unspecified atom stereocenters. The Morgan fingerprint density at radius 1 is 1.00 bits per heavy atom. The quantitative estimate of drug-likeness (QED) is 0.338. The van der Waals surface area contributed by atoms with Gasteiger partial charge in [-0.1, -0.05) is 6.07 Å². The van der Waals surface area contributed by atoms with Crippen molar-refractivity contribution >= 4 is 40.1 Å². The van der Waals surface area contributed by atoms with Gasteiger partial charge in [0.25, 0.3) is 0 Å². The van der Waals surface area contributed by atoms with Crippen molar-refractivity contribution < 1.29 is 14.3 Å². The number of hydrogen-bond acceptors (Lipinski definition) is 6. The highest BCUT2D eigenvalue weighted by atomic mass is 16.5. The molecule has 9 heteroatoms. The third kappa shape index (κ3) is 4.84. The molecule has 32 heavy (non-hydrogen) atoms. The van der Waals surface area contributed by atoms with E-state index in [0.29, 0.717) is 29.3 Å². The molecule has 0 aliphatic heterocycles. The van der Waals surface area contributed by atoms with Crippen LogP contribution in [-0.4, -0.2) is 34.1 Å². The topological polar surface area (TPSA) is 121 Å². The number of aryl methyl sites for hydroxylation is 1. The number of nitrogens with one attached hydrogen (secondary N) is 4. The number of amides is 2. The molecule has 0 bridgehead atoms. The number of rotatable bonds is 6. The smallest absolute Gasteiger partial charge is 0.354 e. The third-order valence-electron chi connectivity index (χ3n) is 4.90. The molecular weight excluding hydrogens is 408 g/mol. The zero-order valence-corrected chi connectivity index (χ0v) is 17.6. The Morgan fingerprint density at radius 3 is 2.56 bits per heavy atom. The first-order chi connectivity index (χ1) is 15.5. The van der Waals surface area contributed by atoms with E-state index >= 15 is 0 Å². The number of pyridine rings is 2. The van der Waals surface area contributed by atoms with E-state index in [-0.39, 0.29) is 6.03 Å². The van der Waals surface area contributed by atoms with Gasteiger partial charge in [0.15, 0.2) is 0 Å². The maximum absolute atomic E-state index is 12.3. The van der Waals surface area contributed by atoms with Crippen molar-refractivity contribution in [2.45, 2.75) is 13.5 Å². The number of anilines is 3. The average molecular weight is 430 g/mol. The van der Waals surface area contributed by atoms with Crippen LogP contribution in [0.2, 0.25) is 0 Å². The number of aromatic amines is 1. The van der Waals surface area contributed by atoms with E-state index in [1.165, 1.54) is 7.11 Å². The van der Waals surface area contributed by atoms with Crippen LogP contribution in [-0.2, 0) is 11.3 Å². The number of hydrogen-bond donors (Lipinski definition) is 4. The van der Waals surface area contributed by atoms with Crippen LogP contribution in [0.3, 0.4) is 0 Å². The molecule has 4 rings (SSSR count). The van der Waals surface area contributed by atoms with E-state index in [9.17, 15) is 9.59 Å². The molecule has 0 radical (unpaired) electrons. The standard InChI is InChI=1S/C23H22N6O3/c1-14-3-4-18(28-23(31)27-17-5-7-24-8-6-17)10-16(14)12-25-19-9-15-11-20(22(30)32-2)29-21(15)26-13-19/h3-11,13,25H,12H2,1-2H3,(H,26,29)(H2,24,27,28,31). The van der Waals surface area contributed by atoms with Crippen molar-refractivity contribution in [1.82, 2.24) is 15.0 Å². The highest BCUT2D eigenvalue weighted by Crippen LogP contribution is 2.21. The van der Waals surface area contributed by atoms with E-state index in [1.807, 2.05) is 31.2 Å². The number of methoxy groups -OCH3 is 1. The number of esters is 1. The molecule has 0 saturated heterocycles. The van der Waals surface area contributed by atoms with Crippen molar-refractivity contribution in [2.24, 2.45) is 0 Å². The third-order valence-corrected chi connectivity index (χ3v) is 4.90. The minimum Gasteiger partial charge on any atom is -0.464 e. The molecular formula is C23H22N6O3. The normalized spacial score (nSPS) is 10.6. The second kappa shape index (κ2) is 9.17. The lowest BCUT2D eigenvalue weighted by atomic mass is 10.1. The number of benzene rings is 1. The predicted molar refractivity (Wildman–Crippen MR) is 123 cm³/mol. The van der Waals surface area contributed by atoms with Gasteiger partial charge in [-0.3, -0.25) is 4.98 Å². The Balaban J connectivity index is 1.43. The Morgan fingerprint density at radius 2 is 1.78 bits per heavy atom. The summed E-state index contributed by atoms with van der Waals surface area (Å²) in [5, 5.41) is 9.74. The molecule has 0 spiro atoms. The van der Waals surface area contributed by atoms with Gasteiger partial charge in [-0.25, -0.2) is 14.6 Å². The first kappa shape index (κ1) is 20.9. The number of ether oxygens (including phenoxy) is 1. The first-order valence-corrected chi connectivity index (χ1v) is 9.90. The number of aromatic nitrogens is 3. The highest BCUT2D eigenvalue weighted by Gasteiger charge is 2.11. The molecule has 1 aromatic carbocycles. The maximum Gasteiger partial charge on any atom is 0.354 e. The molecule has 3 aromatic heterocycles. The van der Waals surface area contributed by atoms with Crippen molar-refractivity contribution in [3.8, 4) is 0 Å². The molecule has 0 fully saturated rings. The van der Waals surface area contributed by atoms with Crippen LogP contribution >= 0.6 is 0 Å². The molecule has 0 saturated carbocycles. The first-order valence-electron chi connectivity index (χ1n) is 9.90. The lowest BCUT2D eigenvalue weighted by molar-refractivity contribution is 0.0595. The van der Waals surface area contributed by atoms with E-state index in [1.54, 1.807) is 36.8 Å². The molecule has 4 aromatic rings. The van der Waals surface area contributed by atoms with Crippen LogP contribution in [0.1, 0.15) is 21.6 Å². The predicted octanol–water partition coefficient (Wildman–Crippen LogP) is 4.31. The van der Waals surface area contributed by atoms with Crippen LogP contribution in [0.5, 0.6) is 0 Å². The monoisotopic (exact) mass is 430 g/mol. The van der Waals surface area contributed by atoms with Gasteiger partial charge in [0, 0.05) is 35.7 Å². The van der Waals surface area contributed by atoms with Gasteiger partial charge in [-0.15, -0.1) is 0 Å². The molecule has 162 valence electrons. The van der Waals surface area contributed by atoms with Gasteiger partial charge in [-0.05, 0) is 54.4 Å². The highest BCUT2D eigenvalue weighted by molar-refractivity contribution is 5.99. The number of carbonyl (C=O) groups is 2. The Hall–Kier alpha value is -4.40. The fourth-order valence-electron chi connectivity index (χ4n) is 3.20. The summed E-state index contributed by atoms with van der Waals surface area (Å²) in [4.78, 5) is 35.2. The van der Waals surface area contributed by atoms with E-state index in [2.05, 4.69) is 30.9 Å². The molecule has 0 aliphatic carbocycles. The summed E-state index contributed by atoms with van der Waals surface area (Å²) in [7, 11) is 1.34. The van der Waals surface area contributed by atoms with Crippen LogP contribution in [0, 0.1) is 6.92 Å². The summed E-state index contributed by atoms with van der Waals surface area (Å²) in [5.41, 5.74) is 5.22. The molecule has 0 aliphatic rings. The molecule has 3 heterocycles. The van der Waals surface area contributed by atoms with Crippen LogP contribution in [0.25, 0.3) is 11.0 Å². The minimum absolute atomic E-state index is 0.331. The molecule has 9 nitrogen and oxygen atoms in total. The maximum atomic E-state index is 12.3. The van der Waals surface area contributed by atoms with Crippen molar-refractivity contribution in [3.05, 3.63) is 77.9 Å². The van der Waals surface area contributed by atoms with Crippen molar-refractivity contribution in [2.75, 3.05) is 23.1 Å². The lowest BCUT2D eigenvalue weighted by Gasteiger charge is -2.12. The zero-order valence-electron chi connectivity index (χ0n) is 17.6. The Labute approximate surface area is 184 Å². The van der Waals surface area contributed by atoms with Crippen molar-refractivity contribution in [1.29, 1.82) is 0 Å². The minimum atomic E-state index is -0.439. The lowest BCUT2D eigenvalue weighted by Crippen LogP contribution is -2.19. The van der Waals surface area contributed by atoms with Crippen molar-refractivity contribution in [3.63, 3.8) is 0 Å². The Kier molecular flexibility index (Phi) is 5.98. The summed E-state index contributed by atoms with van der Waals surface area (Å²) in [6.45, 7) is 2.54. The van der Waals surface area contributed by atoms with Gasteiger partial charge < -0.3 is 25.7 Å². The molecule has 0 atom stereocenters. The van der Waals surface area contributed by atoms with Gasteiger partial charge in [-0.2, -0.15) is 0 Å². The molecule has 2 amide bonds.